The Balaban J connectivity index is 1.17. The molecule has 1 aromatic heterocycles. The number of amides is 2. The van der Waals surface area contributed by atoms with Crippen molar-refractivity contribution in [3.8, 4) is 0 Å². The molecule has 0 radical (unpaired) electrons. The van der Waals surface area contributed by atoms with Crippen molar-refractivity contribution in [2.45, 2.75) is 49.5 Å². The number of likely N-dealkylation sites (tertiary alicyclic amines) is 1. The van der Waals surface area contributed by atoms with Crippen LogP contribution in [0.15, 0.2) is 40.2 Å². The van der Waals surface area contributed by atoms with Gasteiger partial charge in [-0.15, -0.1) is 11.3 Å². The number of halogens is 4. The maximum absolute atomic E-state index is 12.8. The van der Waals surface area contributed by atoms with E-state index in [1.807, 2.05) is 11.4 Å². The summed E-state index contributed by atoms with van der Waals surface area (Å²) in [6, 6.07) is 6.39. The van der Waals surface area contributed by atoms with Crippen molar-refractivity contribution in [3.63, 3.8) is 0 Å². The Hall–Kier alpha value is -1.95. The van der Waals surface area contributed by atoms with Crippen molar-refractivity contribution < 1.29 is 27.9 Å². The zero-order valence-electron chi connectivity index (χ0n) is 18.2. The highest BCUT2D eigenvalue weighted by Crippen LogP contribution is 2.42. The molecule has 2 amide bonds. The van der Waals surface area contributed by atoms with E-state index in [9.17, 15) is 27.9 Å². The molecule has 2 heterocycles. The number of rotatable bonds is 6. The lowest BCUT2D eigenvalue weighted by molar-refractivity contribution is -0.137. The largest absolute Gasteiger partial charge is 0.416 e. The number of nitrogens with zero attached hydrogens (tertiary/aromatic N) is 1. The third kappa shape index (κ3) is 5.81. The summed E-state index contributed by atoms with van der Waals surface area (Å²) in [5.41, 5.74) is -1.84. The highest BCUT2D eigenvalue weighted by Gasteiger charge is 2.41. The molecule has 1 saturated carbocycles. The summed E-state index contributed by atoms with van der Waals surface area (Å²) in [5, 5.41) is 18.2. The van der Waals surface area contributed by atoms with Gasteiger partial charge in [-0.3, -0.25) is 14.5 Å². The smallest absolute Gasteiger partial charge is 0.384 e. The highest BCUT2D eigenvalue weighted by atomic mass is 79.9. The fraction of sp³-hybridized carbons (Fsp3) is 0.478. The van der Waals surface area contributed by atoms with Gasteiger partial charge in [0, 0.05) is 39.4 Å². The number of hydrogen-bond donors (Lipinski definition) is 3. The van der Waals surface area contributed by atoms with Crippen molar-refractivity contribution in [1.82, 2.24) is 15.5 Å². The first-order chi connectivity index (χ1) is 16.0. The van der Waals surface area contributed by atoms with Crippen LogP contribution in [0.2, 0.25) is 0 Å². The lowest BCUT2D eigenvalue weighted by atomic mass is 9.80. The molecule has 0 spiro atoms. The molecule has 2 fully saturated rings. The molecule has 0 bridgehead atoms. The number of aliphatic hydroxyl groups is 1. The number of nitrogens with one attached hydrogen (secondary N) is 2. The number of alkyl halides is 3. The molecule has 1 aliphatic carbocycles. The van der Waals surface area contributed by atoms with Crippen molar-refractivity contribution in [2.24, 2.45) is 0 Å². The molecule has 0 atom stereocenters. The van der Waals surface area contributed by atoms with Crippen LogP contribution in [0.4, 0.5) is 13.2 Å². The Labute approximate surface area is 207 Å². The minimum atomic E-state index is -4.54. The van der Waals surface area contributed by atoms with E-state index < -0.39 is 23.2 Å². The molecule has 1 aromatic carbocycles. The molecule has 11 heteroatoms. The Kier molecular flexibility index (Phi) is 7.37. The molecule has 1 saturated heterocycles. The molecule has 2 aliphatic rings. The molecule has 0 unspecified atom stereocenters. The normalized spacial score (nSPS) is 23.9. The molecule has 34 heavy (non-hydrogen) atoms. The van der Waals surface area contributed by atoms with Crippen LogP contribution >= 0.6 is 27.3 Å². The SMILES string of the molecule is O=C(CNC(=O)c1cccc(C(F)(F)F)c1)NC1CN([C@H]2CC[C@@](O)(c3cc(Br)cs3)CC2)C1. The van der Waals surface area contributed by atoms with Crippen LogP contribution in [0.1, 0.15) is 46.5 Å². The van der Waals surface area contributed by atoms with Gasteiger partial charge in [0.2, 0.25) is 5.91 Å². The van der Waals surface area contributed by atoms with Gasteiger partial charge in [-0.05, 0) is 65.9 Å². The zero-order chi connectivity index (χ0) is 24.5. The molecule has 1 aliphatic heterocycles. The molecular formula is C23H25BrF3N3O3S. The molecule has 6 nitrogen and oxygen atoms in total. The third-order valence-corrected chi connectivity index (χ3v) is 8.35. The van der Waals surface area contributed by atoms with Crippen molar-refractivity contribution >= 4 is 39.1 Å². The summed E-state index contributed by atoms with van der Waals surface area (Å²) in [6.07, 6.45) is -1.40. The van der Waals surface area contributed by atoms with Gasteiger partial charge < -0.3 is 15.7 Å². The number of thiophene rings is 1. The average Bonchev–Trinajstić information content (AvgIpc) is 3.22. The number of carbonyl (C=O) groups excluding carboxylic acids is 2. The first-order valence-electron chi connectivity index (χ1n) is 11.0. The van der Waals surface area contributed by atoms with Crippen LogP contribution in [0.25, 0.3) is 0 Å². The molecule has 3 N–H and O–H groups in total. The average molecular weight is 560 g/mol. The highest BCUT2D eigenvalue weighted by molar-refractivity contribution is 9.10. The predicted octanol–water partition coefficient (Wildman–Crippen LogP) is 3.89. The first kappa shape index (κ1) is 25.2. The van der Waals surface area contributed by atoms with Crippen LogP contribution in [0.5, 0.6) is 0 Å². The van der Waals surface area contributed by atoms with E-state index in [0.29, 0.717) is 32.0 Å². The maximum atomic E-state index is 12.8. The summed E-state index contributed by atoms with van der Waals surface area (Å²) in [6.45, 7) is 1.08. The summed E-state index contributed by atoms with van der Waals surface area (Å²) in [5.74, 6) is -1.12. The van der Waals surface area contributed by atoms with Crippen molar-refractivity contribution in [3.05, 3.63) is 56.2 Å². The lowest BCUT2D eigenvalue weighted by Crippen LogP contribution is -2.63. The van der Waals surface area contributed by atoms with Crippen LogP contribution in [-0.4, -0.2) is 53.5 Å². The van der Waals surface area contributed by atoms with Gasteiger partial charge in [0.25, 0.3) is 5.91 Å². The Morgan fingerprint density at radius 2 is 1.91 bits per heavy atom. The monoisotopic (exact) mass is 559 g/mol. The zero-order valence-corrected chi connectivity index (χ0v) is 20.6. The van der Waals surface area contributed by atoms with Crippen LogP contribution in [0.3, 0.4) is 0 Å². The second kappa shape index (κ2) is 9.96. The van der Waals surface area contributed by atoms with Crippen molar-refractivity contribution in [1.29, 1.82) is 0 Å². The Bertz CT molecular complexity index is 1050. The Morgan fingerprint density at radius 1 is 1.21 bits per heavy atom. The fourth-order valence-electron chi connectivity index (χ4n) is 4.53. The lowest BCUT2D eigenvalue weighted by Gasteiger charge is -2.48. The second-order valence-electron chi connectivity index (χ2n) is 8.87. The minimum Gasteiger partial charge on any atom is -0.384 e. The van der Waals surface area contributed by atoms with E-state index in [1.165, 1.54) is 6.07 Å². The van der Waals surface area contributed by atoms with Gasteiger partial charge in [-0.1, -0.05) is 6.07 Å². The second-order valence-corrected chi connectivity index (χ2v) is 10.7. The van der Waals surface area contributed by atoms with Gasteiger partial charge >= 0.3 is 6.18 Å². The molecule has 2 aromatic rings. The van der Waals surface area contributed by atoms with Crippen LogP contribution in [-0.2, 0) is 16.6 Å². The van der Waals surface area contributed by atoms with Crippen LogP contribution in [0, 0.1) is 0 Å². The summed E-state index contributed by atoms with van der Waals surface area (Å²) in [4.78, 5) is 27.6. The molecule has 4 rings (SSSR count). The fourth-order valence-corrected chi connectivity index (χ4v) is 6.12. The third-order valence-electron chi connectivity index (χ3n) is 6.46. The first-order valence-corrected chi connectivity index (χ1v) is 12.7. The quantitative estimate of drug-likeness (QED) is 0.501. The standard InChI is InChI=1S/C23H25BrF3N3O3S/c24-16-9-19(34-13-16)22(33)6-4-18(5-7-22)30-11-17(12-30)29-20(31)10-28-21(32)14-2-1-3-15(8-14)23(25,26)27/h1-3,8-9,13,17-18,33H,4-7,10-12H2,(H,28,32)(H,29,31)/t18-,22-. The van der Waals surface area contributed by atoms with Gasteiger partial charge in [-0.2, -0.15) is 13.2 Å². The van der Waals surface area contributed by atoms with E-state index in [1.54, 1.807) is 11.3 Å². The summed E-state index contributed by atoms with van der Waals surface area (Å²) < 4.78 is 39.4. The summed E-state index contributed by atoms with van der Waals surface area (Å²) in [7, 11) is 0. The molecule has 184 valence electrons. The van der Waals surface area contributed by atoms with E-state index >= 15 is 0 Å². The number of benzene rings is 1. The van der Waals surface area contributed by atoms with Crippen LogP contribution < -0.4 is 10.6 Å². The van der Waals surface area contributed by atoms with Gasteiger partial charge in [0.05, 0.1) is 23.8 Å². The minimum absolute atomic E-state index is 0.0352. The summed E-state index contributed by atoms with van der Waals surface area (Å²) >= 11 is 5.00. The number of carbonyl (C=O) groups is 2. The number of hydrogen-bond acceptors (Lipinski definition) is 5. The van der Waals surface area contributed by atoms with E-state index in [0.717, 1.165) is 40.4 Å². The van der Waals surface area contributed by atoms with Gasteiger partial charge in [-0.25, -0.2) is 0 Å². The van der Waals surface area contributed by atoms with Gasteiger partial charge in [0.1, 0.15) is 0 Å². The van der Waals surface area contributed by atoms with Crippen molar-refractivity contribution in [2.75, 3.05) is 19.6 Å². The van der Waals surface area contributed by atoms with E-state index in [-0.39, 0.29) is 24.1 Å². The topological polar surface area (TPSA) is 81.7 Å². The Morgan fingerprint density at radius 3 is 2.53 bits per heavy atom. The van der Waals surface area contributed by atoms with E-state index in [2.05, 4.69) is 31.5 Å². The maximum Gasteiger partial charge on any atom is 0.416 e. The van der Waals surface area contributed by atoms with Gasteiger partial charge in [0.15, 0.2) is 0 Å². The predicted molar refractivity (Wildman–Crippen MR) is 125 cm³/mol. The van der Waals surface area contributed by atoms with E-state index in [4.69, 9.17) is 0 Å². The molecular weight excluding hydrogens is 535 g/mol.